The van der Waals surface area contributed by atoms with Gasteiger partial charge in [0.1, 0.15) is 11.2 Å². The van der Waals surface area contributed by atoms with Gasteiger partial charge in [-0.15, -0.1) is 0 Å². The van der Waals surface area contributed by atoms with Crippen LogP contribution >= 0.6 is 0 Å². The van der Waals surface area contributed by atoms with Crippen molar-refractivity contribution < 1.29 is 30.4 Å². The normalized spacial score (nSPS) is 14.9. The fourth-order valence-electron chi connectivity index (χ4n) is 3.91. The zero-order valence-electron chi connectivity index (χ0n) is 19.5. The van der Waals surface area contributed by atoms with Crippen LogP contribution in [0.5, 0.6) is 0 Å². The van der Waals surface area contributed by atoms with Gasteiger partial charge in [0.05, 0.1) is 28.1 Å². The molecule has 1 aliphatic carbocycles. The van der Waals surface area contributed by atoms with Gasteiger partial charge in [0.15, 0.2) is 21.3 Å². The van der Waals surface area contributed by atoms with Crippen molar-refractivity contribution in [1.82, 2.24) is 29.7 Å². The fourth-order valence-corrected chi connectivity index (χ4v) is 4.96. The highest BCUT2D eigenvalue weighted by molar-refractivity contribution is 7.91. The first kappa shape index (κ1) is 25.1. The SMILES string of the molecule is CCS(=O)(=O)c1cc(-c2cnnc(C3CC3)c2)cnc1-c1nc2cc(C(F)(F)C(F)(F)F)cnc2n1C. The maximum absolute atomic E-state index is 13.9. The van der Waals surface area contributed by atoms with Crippen LogP contribution in [0.1, 0.15) is 36.9 Å². The number of hydrogen-bond donors (Lipinski definition) is 0. The molecule has 5 rings (SSSR count). The van der Waals surface area contributed by atoms with Crippen molar-refractivity contribution >= 4 is 21.0 Å². The number of pyridine rings is 2. The minimum absolute atomic E-state index is 0.0187. The lowest BCUT2D eigenvalue weighted by molar-refractivity contribution is -0.289. The van der Waals surface area contributed by atoms with Crippen molar-refractivity contribution in [2.24, 2.45) is 7.05 Å². The number of aryl methyl sites for hydroxylation is 1. The second kappa shape index (κ2) is 8.50. The third-order valence-corrected chi connectivity index (χ3v) is 7.95. The van der Waals surface area contributed by atoms with E-state index in [2.05, 4.69) is 25.1 Å². The molecular weight excluding hydrogens is 519 g/mol. The summed E-state index contributed by atoms with van der Waals surface area (Å²) in [6.07, 6.45) is -0.472. The van der Waals surface area contributed by atoms with Gasteiger partial charge in [0.2, 0.25) is 0 Å². The van der Waals surface area contributed by atoms with Gasteiger partial charge in [-0.2, -0.15) is 32.1 Å². The lowest BCUT2D eigenvalue weighted by atomic mass is 10.1. The predicted molar refractivity (Wildman–Crippen MR) is 122 cm³/mol. The Morgan fingerprint density at radius 1 is 1.00 bits per heavy atom. The summed E-state index contributed by atoms with van der Waals surface area (Å²) in [5.74, 6) is -5.14. The van der Waals surface area contributed by atoms with Gasteiger partial charge in [0, 0.05) is 36.5 Å². The summed E-state index contributed by atoms with van der Waals surface area (Å²) in [5, 5.41) is 8.13. The third-order valence-electron chi connectivity index (χ3n) is 6.21. The number of fused-ring (bicyclic) bond motifs is 1. The van der Waals surface area contributed by atoms with Crippen molar-refractivity contribution in [3.05, 3.63) is 48.0 Å². The molecule has 194 valence electrons. The first-order chi connectivity index (χ1) is 17.3. The number of alkyl halides is 5. The van der Waals surface area contributed by atoms with Gasteiger partial charge in [-0.05, 0) is 31.0 Å². The summed E-state index contributed by atoms with van der Waals surface area (Å²) in [6, 6.07) is 3.83. The molecule has 4 aromatic heterocycles. The maximum atomic E-state index is 13.9. The Kier molecular flexibility index (Phi) is 5.77. The highest BCUT2D eigenvalue weighted by Crippen LogP contribution is 2.44. The number of nitrogens with zero attached hydrogens (tertiary/aromatic N) is 6. The summed E-state index contributed by atoms with van der Waals surface area (Å²) < 4.78 is 93.7. The molecule has 0 aromatic carbocycles. The van der Waals surface area contributed by atoms with Crippen LogP contribution in [0.2, 0.25) is 0 Å². The minimum atomic E-state index is -5.82. The molecule has 14 heteroatoms. The van der Waals surface area contributed by atoms with Crippen molar-refractivity contribution in [2.45, 2.75) is 42.7 Å². The molecule has 37 heavy (non-hydrogen) atoms. The number of imidazole rings is 1. The first-order valence-electron chi connectivity index (χ1n) is 11.2. The summed E-state index contributed by atoms with van der Waals surface area (Å²) in [6.45, 7) is 1.45. The first-order valence-corrected chi connectivity index (χ1v) is 12.8. The van der Waals surface area contributed by atoms with Crippen molar-refractivity contribution in [2.75, 3.05) is 5.75 Å². The second-order valence-electron chi connectivity index (χ2n) is 8.75. The van der Waals surface area contributed by atoms with E-state index in [1.165, 1.54) is 37.0 Å². The number of halogens is 5. The molecule has 0 spiro atoms. The molecule has 4 heterocycles. The van der Waals surface area contributed by atoms with E-state index in [1.54, 1.807) is 0 Å². The molecule has 1 fully saturated rings. The minimum Gasteiger partial charge on any atom is -0.310 e. The van der Waals surface area contributed by atoms with Crippen LogP contribution in [-0.2, 0) is 22.8 Å². The number of rotatable bonds is 6. The largest absolute Gasteiger partial charge is 0.458 e. The highest BCUT2D eigenvalue weighted by Gasteiger charge is 2.59. The van der Waals surface area contributed by atoms with E-state index in [-0.39, 0.29) is 33.3 Å². The second-order valence-corrected chi connectivity index (χ2v) is 11.0. The van der Waals surface area contributed by atoms with Crippen molar-refractivity contribution in [3.63, 3.8) is 0 Å². The van der Waals surface area contributed by atoms with E-state index in [4.69, 9.17) is 0 Å². The topological polar surface area (TPSA) is 104 Å². The Bertz CT molecular complexity index is 1630. The average Bonchev–Trinajstić information content (AvgIpc) is 3.67. The van der Waals surface area contributed by atoms with Gasteiger partial charge >= 0.3 is 12.1 Å². The van der Waals surface area contributed by atoms with E-state index in [1.807, 2.05) is 6.07 Å². The lowest BCUT2D eigenvalue weighted by Crippen LogP contribution is -2.33. The number of hydrogen-bond acceptors (Lipinski definition) is 7. The van der Waals surface area contributed by atoms with Gasteiger partial charge in [-0.1, -0.05) is 6.92 Å². The van der Waals surface area contributed by atoms with Gasteiger partial charge in [-0.3, -0.25) is 4.98 Å². The predicted octanol–water partition coefficient (Wildman–Crippen LogP) is 4.81. The van der Waals surface area contributed by atoms with E-state index in [0.717, 1.165) is 18.5 Å². The molecule has 0 bridgehead atoms. The molecule has 0 unspecified atom stereocenters. The van der Waals surface area contributed by atoms with Crippen molar-refractivity contribution in [3.8, 4) is 22.6 Å². The van der Waals surface area contributed by atoms with Gasteiger partial charge < -0.3 is 4.57 Å². The van der Waals surface area contributed by atoms with Gasteiger partial charge in [0.25, 0.3) is 0 Å². The molecule has 8 nitrogen and oxygen atoms in total. The standard InChI is InChI=1S/C23H19F5N6O2S/c1-3-37(35,36)18-7-14(13-6-16(12-4-5-12)33-31-10-13)9-29-19(18)21-32-17-8-15(11-30-20(17)34(21)2)22(24,25)23(26,27)28/h6-12H,3-5H2,1-2H3. The van der Waals surface area contributed by atoms with E-state index >= 15 is 0 Å². The van der Waals surface area contributed by atoms with Crippen LogP contribution in [-0.4, -0.2) is 50.1 Å². The maximum Gasteiger partial charge on any atom is 0.458 e. The molecule has 0 radical (unpaired) electrons. The lowest BCUT2D eigenvalue weighted by Gasteiger charge is -2.19. The molecule has 0 amide bonds. The number of aromatic nitrogens is 6. The summed E-state index contributed by atoms with van der Waals surface area (Å²) in [5.41, 5.74) is 0.144. The Balaban J connectivity index is 1.66. The van der Waals surface area contributed by atoms with E-state index in [9.17, 15) is 30.4 Å². The summed E-state index contributed by atoms with van der Waals surface area (Å²) in [4.78, 5) is 12.0. The van der Waals surface area contributed by atoms with Crippen LogP contribution in [0.15, 0.2) is 41.7 Å². The monoisotopic (exact) mass is 538 g/mol. The van der Waals surface area contributed by atoms with Crippen LogP contribution in [0.3, 0.4) is 0 Å². The molecule has 0 aliphatic heterocycles. The average molecular weight is 539 g/mol. The third kappa shape index (κ3) is 4.32. The zero-order valence-corrected chi connectivity index (χ0v) is 20.3. The van der Waals surface area contributed by atoms with Crippen LogP contribution in [0, 0.1) is 0 Å². The number of sulfone groups is 1. The Labute approximate surface area is 207 Å². The molecule has 0 atom stereocenters. The van der Waals surface area contributed by atoms with E-state index < -0.39 is 27.5 Å². The zero-order chi connectivity index (χ0) is 26.8. The molecule has 4 aromatic rings. The summed E-state index contributed by atoms with van der Waals surface area (Å²) in [7, 11) is -2.43. The van der Waals surface area contributed by atoms with Crippen LogP contribution < -0.4 is 0 Å². The Morgan fingerprint density at radius 3 is 2.35 bits per heavy atom. The smallest absolute Gasteiger partial charge is 0.310 e. The molecule has 0 N–H and O–H groups in total. The molecular formula is C23H19F5N6O2S. The van der Waals surface area contributed by atoms with Gasteiger partial charge in [-0.25, -0.2) is 18.4 Å². The molecule has 1 saturated carbocycles. The highest BCUT2D eigenvalue weighted by atomic mass is 32.2. The Hall–Kier alpha value is -3.55. The van der Waals surface area contributed by atoms with E-state index in [0.29, 0.717) is 29.3 Å². The van der Waals surface area contributed by atoms with Crippen LogP contribution in [0.25, 0.3) is 33.8 Å². The molecule has 0 saturated heterocycles. The Morgan fingerprint density at radius 2 is 1.70 bits per heavy atom. The quantitative estimate of drug-likeness (QED) is 0.325. The summed E-state index contributed by atoms with van der Waals surface area (Å²) >= 11 is 0. The molecule has 1 aliphatic rings. The van der Waals surface area contributed by atoms with Crippen LogP contribution in [0.4, 0.5) is 22.0 Å². The van der Waals surface area contributed by atoms with Crippen molar-refractivity contribution in [1.29, 1.82) is 0 Å². The fraction of sp³-hybridized carbons (Fsp3) is 0.348.